The third kappa shape index (κ3) is 5.00. The molecule has 5 nitrogen and oxygen atoms in total. The van der Waals surface area contributed by atoms with Crippen LogP contribution in [0.4, 0.5) is 0 Å². The van der Waals surface area contributed by atoms with Gasteiger partial charge in [-0.25, -0.2) is 4.79 Å². The third-order valence-electron chi connectivity index (χ3n) is 3.48. The number of aryl methyl sites for hydroxylation is 1. The number of likely N-dealkylation sites (tertiary alicyclic amines) is 1. The molecule has 2 unspecified atom stereocenters. The molecule has 0 radical (unpaired) electrons. The number of hydrogen-bond acceptors (Lipinski definition) is 4. The number of aliphatic hydroxyl groups is 1. The van der Waals surface area contributed by atoms with Gasteiger partial charge in [0.25, 0.3) is 0 Å². The quantitative estimate of drug-likeness (QED) is 0.498. The van der Waals surface area contributed by atoms with E-state index in [0.29, 0.717) is 25.9 Å². The van der Waals surface area contributed by atoms with Gasteiger partial charge in [0, 0.05) is 18.8 Å². The van der Waals surface area contributed by atoms with E-state index in [-0.39, 0.29) is 35.3 Å². The van der Waals surface area contributed by atoms with Crippen molar-refractivity contribution >= 4 is 30.7 Å². The van der Waals surface area contributed by atoms with Crippen LogP contribution in [-0.2, 0) is 11.2 Å². The first kappa shape index (κ1) is 19.3. The summed E-state index contributed by atoms with van der Waals surface area (Å²) in [6.45, 7) is 0.967. The molecule has 1 aliphatic rings. The number of amides is 1. The van der Waals surface area contributed by atoms with Crippen LogP contribution in [0.5, 0.6) is 0 Å². The van der Waals surface area contributed by atoms with E-state index >= 15 is 0 Å². The number of nitrogens with zero attached hydrogens (tertiary/aromatic N) is 2. The second kappa shape index (κ2) is 8.54. The van der Waals surface area contributed by atoms with Crippen LogP contribution in [0.2, 0.25) is 0 Å². The molecule has 1 amide bonds. The van der Waals surface area contributed by atoms with Gasteiger partial charge in [0.05, 0.1) is 6.42 Å². The summed E-state index contributed by atoms with van der Waals surface area (Å²) < 4.78 is -0.124. The predicted octanol–water partition coefficient (Wildman–Crippen LogP) is 1.23. The van der Waals surface area contributed by atoms with Gasteiger partial charge in [0.1, 0.15) is 19.2 Å². The minimum atomic E-state index is -0.453. The van der Waals surface area contributed by atoms with Crippen LogP contribution >= 0.6 is 24.8 Å². The number of piperidine rings is 1. The van der Waals surface area contributed by atoms with Crippen molar-refractivity contribution in [3.8, 4) is 0 Å². The van der Waals surface area contributed by atoms with Gasteiger partial charge in [-0.05, 0) is 24.5 Å². The number of pyridine rings is 1. The van der Waals surface area contributed by atoms with Crippen LogP contribution in [-0.4, -0.2) is 39.8 Å². The molecule has 0 bridgehead atoms. The van der Waals surface area contributed by atoms with Crippen molar-refractivity contribution in [2.45, 2.75) is 31.8 Å². The summed E-state index contributed by atoms with van der Waals surface area (Å²) in [5.74, 6) is 6.07. The molecule has 20 heavy (non-hydrogen) atoms. The Morgan fingerprint density at radius 1 is 1.50 bits per heavy atom. The minimum absolute atomic E-state index is 0. The number of rotatable bonds is 3. The first-order valence-electron chi connectivity index (χ1n) is 6.36. The Balaban J connectivity index is 0.00000180. The lowest BCUT2D eigenvalue weighted by Gasteiger charge is -2.35. The summed E-state index contributed by atoms with van der Waals surface area (Å²) in [6, 6.07) is 3.81. The van der Waals surface area contributed by atoms with Crippen LogP contribution in [0, 0.1) is 0 Å². The lowest BCUT2D eigenvalue weighted by atomic mass is 10.1. The van der Waals surface area contributed by atoms with E-state index < -0.39 is 6.10 Å². The molecule has 0 saturated carbocycles. The highest BCUT2D eigenvalue weighted by molar-refractivity contribution is 5.85. The Morgan fingerprint density at radius 3 is 2.85 bits per heavy atom. The Bertz CT molecular complexity index is 419. The van der Waals surface area contributed by atoms with Crippen molar-refractivity contribution in [2.75, 3.05) is 13.1 Å². The molecule has 0 aliphatic carbocycles. The van der Waals surface area contributed by atoms with Crippen LogP contribution < -0.4 is 5.84 Å². The van der Waals surface area contributed by atoms with E-state index in [0.717, 1.165) is 18.4 Å². The van der Waals surface area contributed by atoms with Gasteiger partial charge in [0.2, 0.25) is 0 Å². The largest absolute Gasteiger partial charge is 0.387 e. The summed E-state index contributed by atoms with van der Waals surface area (Å²) >= 11 is 0. The van der Waals surface area contributed by atoms with Crippen molar-refractivity contribution < 1.29 is 14.5 Å². The minimum Gasteiger partial charge on any atom is -0.387 e. The fourth-order valence-corrected chi connectivity index (χ4v) is 2.41. The average Bonchev–Trinajstić information content (AvgIpc) is 2.37. The third-order valence-corrected chi connectivity index (χ3v) is 3.48. The number of nitrogens with two attached hydrogens (primary N) is 1. The molecule has 7 heteroatoms. The highest BCUT2D eigenvalue weighted by Crippen LogP contribution is 2.17. The normalized spacial score (nSPS) is 25.2. The smallest absolute Gasteiger partial charge is 0.332 e. The second-order valence-corrected chi connectivity index (χ2v) is 4.99. The zero-order chi connectivity index (χ0) is 13.0. The zero-order valence-electron chi connectivity index (χ0n) is 11.3. The van der Waals surface area contributed by atoms with Crippen LogP contribution in [0.25, 0.3) is 0 Å². The fraction of sp³-hybridized carbons (Fsp3) is 0.538. The van der Waals surface area contributed by atoms with Crippen molar-refractivity contribution in [3.63, 3.8) is 0 Å². The molecule has 1 saturated heterocycles. The molecule has 3 N–H and O–H groups in total. The molecule has 2 atom stereocenters. The summed E-state index contributed by atoms with van der Waals surface area (Å²) in [5, 5.41) is 9.62. The maximum Gasteiger partial charge on any atom is 0.332 e. The SMILES string of the molecule is Cl.Cl.N[N+]1(C(=O)CCc2cccnc2)CCCC(O)C1. The van der Waals surface area contributed by atoms with E-state index in [2.05, 4.69) is 4.98 Å². The number of hydrogen-bond donors (Lipinski definition) is 2. The highest BCUT2D eigenvalue weighted by Gasteiger charge is 2.38. The van der Waals surface area contributed by atoms with E-state index in [4.69, 9.17) is 5.84 Å². The van der Waals surface area contributed by atoms with Crippen molar-refractivity contribution in [1.82, 2.24) is 4.98 Å². The fourth-order valence-electron chi connectivity index (χ4n) is 2.41. The molecule has 0 aromatic carbocycles. The Kier molecular flexibility index (Phi) is 8.23. The first-order valence-corrected chi connectivity index (χ1v) is 6.36. The molecule has 1 fully saturated rings. The summed E-state index contributed by atoms with van der Waals surface area (Å²) in [5.41, 5.74) is 1.04. The Labute approximate surface area is 131 Å². The number of halogens is 2. The number of quaternary nitrogens is 1. The van der Waals surface area contributed by atoms with E-state index in [1.807, 2.05) is 12.1 Å². The molecule has 1 aromatic rings. The Morgan fingerprint density at radius 2 is 2.25 bits per heavy atom. The molecule has 2 heterocycles. The number of aliphatic hydroxyl groups excluding tert-OH is 1. The highest BCUT2D eigenvalue weighted by atomic mass is 35.5. The van der Waals surface area contributed by atoms with Crippen molar-refractivity contribution in [3.05, 3.63) is 30.1 Å². The van der Waals surface area contributed by atoms with Gasteiger partial charge in [-0.1, -0.05) is 6.07 Å². The van der Waals surface area contributed by atoms with Gasteiger partial charge in [0.15, 0.2) is 0 Å². The van der Waals surface area contributed by atoms with E-state index in [9.17, 15) is 9.90 Å². The van der Waals surface area contributed by atoms with E-state index in [1.165, 1.54) is 0 Å². The van der Waals surface area contributed by atoms with Gasteiger partial charge in [-0.2, -0.15) is 10.4 Å². The van der Waals surface area contributed by atoms with Crippen molar-refractivity contribution in [1.29, 1.82) is 0 Å². The monoisotopic (exact) mass is 322 g/mol. The molecule has 1 aromatic heterocycles. The van der Waals surface area contributed by atoms with Gasteiger partial charge in [-0.3, -0.25) is 4.98 Å². The van der Waals surface area contributed by atoms with Gasteiger partial charge >= 0.3 is 5.91 Å². The maximum atomic E-state index is 12.2. The standard InChI is InChI=1S/C13H20N3O2.2ClH/c14-16(8-2-4-12(17)10-16)13(18)6-5-11-3-1-7-15-9-11;;/h1,3,7,9,12,17H,2,4-6,8,10,14H2;2*1H/q+1;;. The zero-order valence-corrected chi connectivity index (χ0v) is 12.9. The molecular formula is C13H22Cl2N3O2+. The van der Waals surface area contributed by atoms with Crippen LogP contribution in [0.3, 0.4) is 0 Å². The predicted molar refractivity (Wildman–Crippen MR) is 81.5 cm³/mol. The number of carbonyl (C=O) groups is 1. The summed E-state index contributed by atoms with van der Waals surface area (Å²) in [4.78, 5) is 16.2. The van der Waals surface area contributed by atoms with Crippen LogP contribution in [0.15, 0.2) is 24.5 Å². The van der Waals surface area contributed by atoms with Gasteiger partial charge < -0.3 is 5.11 Å². The number of carbonyl (C=O) groups excluding carboxylic acids is 1. The van der Waals surface area contributed by atoms with Crippen molar-refractivity contribution in [2.24, 2.45) is 5.84 Å². The molecule has 114 valence electrons. The van der Waals surface area contributed by atoms with Gasteiger partial charge in [-0.15, -0.1) is 24.8 Å². The topological polar surface area (TPSA) is 76.2 Å². The average molecular weight is 323 g/mol. The first-order chi connectivity index (χ1) is 8.60. The maximum absolute atomic E-state index is 12.2. The molecule has 1 aliphatic heterocycles. The molecule has 2 rings (SSSR count). The molecular weight excluding hydrogens is 301 g/mol. The summed E-state index contributed by atoms with van der Waals surface area (Å²) in [7, 11) is 0. The van der Waals surface area contributed by atoms with E-state index in [1.54, 1.807) is 12.4 Å². The lowest BCUT2D eigenvalue weighted by molar-refractivity contribution is -0.875. The second-order valence-electron chi connectivity index (χ2n) is 4.99. The van der Waals surface area contributed by atoms with Crippen LogP contribution in [0.1, 0.15) is 24.8 Å². The lowest BCUT2D eigenvalue weighted by Crippen LogP contribution is -2.64. The Hall–Kier alpha value is -0.720. The molecule has 0 spiro atoms. The summed E-state index contributed by atoms with van der Waals surface area (Å²) in [6.07, 6.45) is 5.62. The number of aromatic nitrogens is 1.